The number of hydrogen-bond acceptors (Lipinski definition) is 18. The van der Waals surface area contributed by atoms with Crippen molar-refractivity contribution in [2.45, 2.75) is 107 Å². The SMILES string of the molecule is C=C(COC1CCCC(COCC(=O)NCCN2C(=O)C=CC2=O)O1)[C@]1(O)Cc2c(O)c3c(c(O)c2[C@@H](OC2C[C@H]4[C@H](O[C@@H]5[C@@H](OC)OCCN54)[C@H](C)O2)C1)C(=O)c1c(OC)cccc1C3=O. The third kappa shape index (κ3) is 8.80. The molecule has 0 saturated carbocycles. The zero-order valence-electron chi connectivity index (χ0n) is 37.4. The second-order valence-electron chi connectivity index (χ2n) is 17.8. The molecule has 20 heteroatoms. The Morgan fingerprint density at radius 2 is 1.75 bits per heavy atom. The van der Waals surface area contributed by atoms with Gasteiger partial charge in [0.1, 0.15) is 30.0 Å². The summed E-state index contributed by atoms with van der Waals surface area (Å²) in [6, 6.07) is 4.35. The van der Waals surface area contributed by atoms with Crippen LogP contribution < -0.4 is 10.1 Å². The van der Waals surface area contributed by atoms with E-state index in [4.69, 9.17) is 42.6 Å². The van der Waals surface area contributed by atoms with Crippen LogP contribution in [0.1, 0.15) is 88.1 Å². The number of aliphatic hydroxyl groups is 1. The van der Waals surface area contributed by atoms with Crippen molar-refractivity contribution in [3.63, 3.8) is 0 Å². The Morgan fingerprint density at radius 3 is 2.51 bits per heavy atom. The zero-order chi connectivity index (χ0) is 47.3. The second kappa shape index (κ2) is 19.1. The first-order chi connectivity index (χ1) is 32.2. The molecule has 5 aliphatic heterocycles. The van der Waals surface area contributed by atoms with Gasteiger partial charge in [0.05, 0.1) is 67.5 Å². The Kier molecular flexibility index (Phi) is 13.4. The summed E-state index contributed by atoms with van der Waals surface area (Å²) in [5.74, 6) is -3.76. The van der Waals surface area contributed by atoms with Crippen molar-refractivity contribution in [2.75, 3.05) is 60.3 Å². The van der Waals surface area contributed by atoms with Crippen molar-refractivity contribution in [2.24, 2.45) is 0 Å². The molecule has 0 aromatic heterocycles. The Bertz CT molecular complexity index is 2350. The van der Waals surface area contributed by atoms with E-state index in [1.807, 2.05) is 6.92 Å². The molecular weight excluding hydrogens is 879 g/mol. The fourth-order valence-electron chi connectivity index (χ4n) is 10.3. The highest BCUT2D eigenvalue weighted by molar-refractivity contribution is 6.31. The Balaban J connectivity index is 0.909. The second-order valence-corrected chi connectivity index (χ2v) is 17.8. The van der Waals surface area contributed by atoms with Gasteiger partial charge in [-0.3, -0.25) is 33.8 Å². The molecular formula is C47H55N3O17. The summed E-state index contributed by atoms with van der Waals surface area (Å²) in [5, 5.41) is 39.5. The number of fused-ring (bicyclic) bond motifs is 6. The van der Waals surface area contributed by atoms with Crippen LogP contribution in [0, 0.1) is 0 Å². The highest BCUT2D eigenvalue weighted by atomic mass is 16.7. The van der Waals surface area contributed by atoms with E-state index < -0.39 is 101 Å². The highest BCUT2D eigenvalue weighted by Gasteiger charge is 2.55. The summed E-state index contributed by atoms with van der Waals surface area (Å²) in [7, 11) is 2.91. The molecule has 4 N–H and O–H groups in total. The third-order valence-electron chi connectivity index (χ3n) is 13.7. The summed E-state index contributed by atoms with van der Waals surface area (Å²) < 4.78 is 54.2. The van der Waals surface area contributed by atoms with Crippen LogP contribution in [0.25, 0.3) is 0 Å². The summed E-state index contributed by atoms with van der Waals surface area (Å²) >= 11 is 0. The smallest absolute Gasteiger partial charge is 0.253 e. The first-order valence-electron chi connectivity index (χ1n) is 22.5. The number of phenols is 2. The van der Waals surface area contributed by atoms with Crippen LogP contribution in [0.5, 0.6) is 17.2 Å². The van der Waals surface area contributed by atoms with E-state index in [-0.39, 0.29) is 91.5 Å². The van der Waals surface area contributed by atoms with Crippen LogP contribution in [0.2, 0.25) is 0 Å². The number of amides is 3. The topological polar surface area (TPSA) is 248 Å². The number of methoxy groups -OCH3 is 2. The number of phenolic OH excluding ortho intramolecular Hbond substituents is 2. The molecule has 0 spiro atoms. The molecule has 7 aliphatic rings. The molecule has 3 unspecified atom stereocenters. The molecule has 0 bridgehead atoms. The quantitative estimate of drug-likeness (QED) is 0.0962. The molecule has 67 heavy (non-hydrogen) atoms. The van der Waals surface area contributed by atoms with Crippen LogP contribution in [0.15, 0.2) is 42.5 Å². The number of carbonyl (C=O) groups is 5. The van der Waals surface area contributed by atoms with Gasteiger partial charge in [-0.15, -0.1) is 0 Å². The first kappa shape index (κ1) is 47.0. The van der Waals surface area contributed by atoms with Gasteiger partial charge in [0, 0.05) is 80.9 Å². The standard InChI is InChI=1S/C47H55N3O17/c1-23(20-63-34-10-5-7-25(65-34)21-61-22-31(51)48-13-14-50-32(52)11-12-33(50)53)47(58)18-27-37(43(57)39-38(41(27)55)40(54)26-8-6-9-29(59-3)36(26)42(39)56)30(19-47)66-35-17-28-44(24(2)64-35)67-45-46(60-4)62-16-15-49(28)45/h6,8-9,11-12,24-25,28,30,34-35,44-46,55,57-58H,1,5,7,10,13-22H2,2-4H3,(H,48,51)/t24-,25?,28-,30-,34?,35?,44+,45+,46-,47-/m0/s1. The van der Waals surface area contributed by atoms with Gasteiger partial charge in [0.2, 0.25) is 11.7 Å². The number of nitrogens with zero attached hydrogens (tertiary/aromatic N) is 2. The number of ketones is 2. The molecule has 3 amide bonds. The number of benzene rings is 2. The predicted molar refractivity (Wildman–Crippen MR) is 229 cm³/mol. The maximum absolute atomic E-state index is 14.3. The minimum atomic E-state index is -1.85. The molecule has 2 aliphatic carbocycles. The van der Waals surface area contributed by atoms with Crippen LogP contribution in [0.3, 0.4) is 0 Å². The van der Waals surface area contributed by atoms with Gasteiger partial charge in [-0.05, 0) is 37.8 Å². The summed E-state index contributed by atoms with van der Waals surface area (Å²) in [6.07, 6.45) is -1.20. The molecule has 4 saturated heterocycles. The summed E-state index contributed by atoms with van der Waals surface area (Å²) in [4.78, 5) is 67.4. The lowest BCUT2D eigenvalue weighted by Crippen LogP contribution is -2.55. The van der Waals surface area contributed by atoms with Gasteiger partial charge < -0.3 is 63.3 Å². The van der Waals surface area contributed by atoms with Crippen LogP contribution in [-0.4, -0.2) is 170 Å². The molecule has 2 aromatic carbocycles. The number of aromatic hydroxyl groups is 2. The third-order valence-corrected chi connectivity index (χ3v) is 13.7. The molecule has 4 fully saturated rings. The highest BCUT2D eigenvalue weighted by Crippen LogP contribution is 2.54. The van der Waals surface area contributed by atoms with Gasteiger partial charge in [0.15, 0.2) is 30.9 Å². The van der Waals surface area contributed by atoms with Crippen molar-refractivity contribution in [1.29, 1.82) is 0 Å². The minimum Gasteiger partial charge on any atom is -0.507 e. The number of carbonyl (C=O) groups excluding carboxylic acids is 5. The first-order valence-corrected chi connectivity index (χ1v) is 22.5. The lowest BCUT2D eigenvalue weighted by Gasteiger charge is -2.44. The number of rotatable bonds is 15. The van der Waals surface area contributed by atoms with E-state index >= 15 is 0 Å². The van der Waals surface area contributed by atoms with Gasteiger partial charge in [-0.25, -0.2) is 0 Å². The predicted octanol–water partition coefficient (Wildman–Crippen LogP) is 1.68. The number of nitrogens with one attached hydrogen (secondary N) is 1. The van der Waals surface area contributed by atoms with E-state index in [0.717, 1.165) is 4.90 Å². The normalized spacial score (nSPS) is 31.2. The van der Waals surface area contributed by atoms with Crippen molar-refractivity contribution in [3.05, 3.63) is 75.9 Å². The molecule has 5 heterocycles. The lowest BCUT2D eigenvalue weighted by molar-refractivity contribution is -0.256. The van der Waals surface area contributed by atoms with Crippen LogP contribution >= 0.6 is 0 Å². The zero-order valence-corrected chi connectivity index (χ0v) is 37.4. The van der Waals surface area contributed by atoms with Crippen molar-refractivity contribution in [3.8, 4) is 17.2 Å². The van der Waals surface area contributed by atoms with Gasteiger partial charge >= 0.3 is 0 Å². The van der Waals surface area contributed by atoms with Gasteiger partial charge in [-0.1, -0.05) is 18.7 Å². The minimum absolute atomic E-state index is 0.00374. The Morgan fingerprint density at radius 1 is 0.970 bits per heavy atom. The van der Waals surface area contributed by atoms with Gasteiger partial charge in [0.25, 0.3) is 11.8 Å². The molecule has 20 nitrogen and oxygen atoms in total. The molecule has 0 radical (unpaired) electrons. The maximum Gasteiger partial charge on any atom is 0.253 e. The Hall–Kier alpha value is -5.13. The summed E-state index contributed by atoms with van der Waals surface area (Å²) in [6.45, 7) is 6.79. The molecule has 360 valence electrons. The summed E-state index contributed by atoms with van der Waals surface area (Å²) in [5.41, 5.74) is -2.50. The van der Waals surface area contributed by atoms with Crippen LogP contribution in [0.4, 0.5) is 0 Å². The van der Waals surface area contributed by atoms with E-state index in [1.165, 1.54) is 31.4 Å². The van der Waals surface area contributed by atoms with Crippen molar-refractivity contribution >= 4 is 29.3 Å². The monoisotopic (exact) mass is 933 g/mol. The number of morpholine rings is 1. The van der Waals surface area contributed by atoms with Crippen molar-refractivity contribution in [1.82, 2.24) is 15.1 Å². The fraction of sp³-hybridized carbons (Fsp3) is 0.553. The average Bonchev–Trinajstić information content (AvgIpc) is 3.86. The van der Waals surface area contributed by atoms with E-state index in [9.17, 15) is 39.3 Å². The fourth-order valence-corrected chi connectivity index (χ4v) is 10.3. The Labute approximate surface area is 385 Å². The lowest BCUT2D eigenvalue weighted by atomic mass is 9.71. The van der Waals surface area contributed by atoms with Gasteiger partial charge in [-0.2, -0.15) is 0 Å². The largest absolute Gasteiger partial charge is 0.507 e. The number of imide groups is 1. The molecule has 9 rings (SSSR count). The van der Waals surface area contributed by atoms with E-state index in [0.29, 0.717) is 38.8 Å². The number of ether oxygens (including phenoxy) is 9. The molecule has 10 atom stereocenters. The van der Waals surface area contributed by atoms with E-state index in [2.05, 4.69) is 16.8 Å². The van der Waals surface area contributed by atoms with Crippen molar-refractivity contribution < 1.29 is 81.9 Å². The van der Waals surface area contributed by atoms with E-state index in [1.54, 1.807) is 13.2 Å². The molecule has 2 aromatic rings. The number of hydrogen-bond donors (Lipinski definition) is 4. The average molecular weight is 934 g/mol. The maximum atomic E-state index is 14.3. The van der Waals surface area contributed by atoms with Crippen LogP contribution in [-0.2, 0) is 58.7 Å².